The third-order valence-corrected chi connectivity index (χ3v) is 3.79. The average molecular weight is 326 g/mol. The first-order chi connectivity index (χ1) is 11.6. The number of carboxylic acid groups (broad SMARTS) is 1. The molecule has 24 heavy (non-hydrogen) atoms. The summed E-state index contributed by atoms with van der Waals surface area (Å²) in [4.78, 5) is 24.5. The summed E-state index contributed by atoms with van der Waals surface area (Å²) in [7, 11) is 1.77. The zero-order valence-corrected chi connectivity index (χ0v) is 13.7. The van der Waals surface area contributed by atoms with Crippen molar-refractivity contribution in [3.63, 3.8) is 0 Å². The molecule has 0 aliphatic heterocycles. The number of aryl methyl sites for hydroxylation is 1. The van der Waals surface area contributed by atoms with Gasteiger partial charge in [-0.05, 0) is 36.1 Å². The quantitative estimate of drug-likeness (QED) is 0.821. The van der Waals surface area contributed by atoms with Crippen molar-refractivity contribution in [3.05, 3.63) is 71.3 Å². The Kier molecular flexibility index (Phi) is 6.37. The summed E-state index contributed by atoms with van der Waals surface area (Å²) in [5, 5.41) is 11.7. The molecule has 0 saturated carbocycles. The largest absolute Gasteiger partial charge is 0.478 e. The van der Waals surface area contributed by atoms with Crippen molar-refractivity contribution in [1.29, 1.82) is 0 Å². The summed E-state index contributed by atoms with van der Waals surface area (Å²) in [6.07, 6.45) is 1.84. The molecule has 2 amide bonds. The van der Waals surface area contributed by atoms with Gasteiger partial charge >= 0.3 is 12.0 Å². The highest BCUT2D eigenvalue weighted by molar-refractivity contribution is 5.87. The number of carboxylic acids is 1. The van der Waals surface area contributed by atoms with Gasteiger partial charge in [-0.3, -0.25) is 0 Å². The zero-order valence-electron chi connectivity index (χ0n) is 13.7. The van der Waals surface area contributed by atoms with Crippen LogP contribution in [0.15, 0.2) is 54.6 Å². The Labute approximate surface area is 141 Å². The Hall–Kier alpha value is -2.82. The van der Waals surface area contributed by atoms with Crippen molar-refractivity contribution in [2.75, 3.05) is 13.6 Å². The van der Waals surface area contributed by atoms with E-state index in [0.717, 1.165) is 18.4 Å². The van der Waals surface area contributed by atoms with Gasteiger partial charge in [0.1, 0.15) is 0 Å². The first-order valence-electron chi connectivity index (χ1n) is 7.91. The van der Waals surface area contributed by atoms with Crippen LogP contribution in [0.5, 0.6) is 0 Å². The first-order valence-corrected chi connectivity index (χ1v) is 7.91. The number of amides is 2. The fraction of sp³-hybridized carbons (Fsp3) is 0.263. The highest BCUT2D eigenvalue weighted by Crippen LogP contribution is 2.05. The maximum absolute atomic E-state index is 12.1. The van der Waals surface area contributed by atoms with E-state index in [-0.39, 0.29) is 11.6 Å². The molecule has 0 aromatic heterocycles. The highest BCUT2D eigenvalue weighted by Gasteiger charge is 2.08. The van der Waals surface area contributed by atoms with E-state index in [9.17, 15) is 9.59 Å². The first kappa shape index (κ1) is 17.5. The van der Waals surface area contributed by atoms with Gasteiger partial charge in [0.15, 0.2) is 0 Å². The van der Waals surface area contributed by atoms with Crippen LogP contribution in [0.2, 0.25) is 0 Å². The van der Waals surface area contributed by atoms with Gasteiger partial charge in [-0.1, -0.05) is 42.5 Å². The number of hydrogen-bond acceptors (Lipinski definition) is 2. The van der Waals surface area contributed by atoms with Gasteiger partial charge in [0, 0.05) is 20.1 Å². The fourth-order valence-corrected chi connectivity index (χ4v) is 2.34. The third kappa shape index (κ3) is 5.43. The number of nitrogens with one attached hydrogen (secondary N) is 1. The Morgan fingerprint density at radius 1 is 1.00 bits per heavy atom. The monoisotopic (exact) mass is 326 g/mol. The topological polar surface area (TPSA) is 69.6 Å². The summed E-state index contributed by atoms with van der Waals surface area (Å²) >= 11 is 0. The van der Waals surface area contributed by atoms with Gasteiger partial charge in [0.25, 0.3) is 0 Å². The van der Waals surface area contributed by atoms with Crippen molar-refractivity contribution >= 4 is 12.0 Å². The molecule has 2 rings (SSSR count). The molecule has 0 radical (unpaired) electrons. The van der Waals surface area contributed by atoms with E-state index in [1.807, 2.05) is 18.2 Å². The third-order valence-electron chi connectivity index (χ3n) is 3.79. The van der Waals surface area contributed by atoms with Crippen LogP contribution in [0.25, 0.3) is 0 Å². The standard InChI is InChI=1S/C19H22N2O3/c1-21(13-5-8-15-6-3-2-4-7-15)19(24)20-14-16-9-11-17(12-10-16)18(22)23/h2-4,6-7,9-12H,5,8,13-14H2,1H3,(H,20,24)(H,22,23). The van der Waals surface area contributed by atoms with Crippen LogP contribution in [-0.2, 0) is 13.0 Å². The predicted octanol–water partition coefficient (Wildman–Crippen LogP) is 3.16. The second-order valence-corrected chi connectivity index (χ2v) is 5.67. The molecule has 2 aromatic rings. The minimum Gasteiger partial charge on any atom is -0.478 e. The minimum absolute atomic E-state index is 0.134. The van der Waals surface area contributed by atoms with Crippen LogP contribution in [0.3, 0.4) is 0 Å². The van der Waals surface area contributed by atoms with Gasteiger partial charge < -0.3 is 15.3 Å². The lowest BCUT2D eigenvalue weighted by molar-refractivity contribution is 0.0697. The van der Waals surface area contributed by atoms with Gasteiger partial charge in [0.05, 0.1) is 5.56 Å². The van der Waals surface area contributed by atoms with Crippen LogP contribution in [0.1, 0.15) is 27.9 Å². The molecule has 2 N–H and O–H groups in total. The van der Waals surface area contributed by atoms with Crippen LogP contribution < -0.4 is 5.32 Å². The number of carbonyl (C=O) groups is 2. The summed E-state index contributed by atoms with van der Waals surface area (Å²) in [6, 6.07) is 16.5. The number of benzene rings is 2. The van der Waals surface area contributed by atoms with Gasteiger partial charge in [-0.15, -0.1) is 0 Å². The Morgan fingerprint density at radius 3 is 2.29 bits per heavy atom. The lowest BCUT2D eigenvalue weighted by Crippen LogP contribution is -2.37. The van der Waals surface area contributed by atoms with E-state index in [1.165, 1.54) is 17.7 Å². The molecule has 126 valence electrons. The summed E-state index contributed by atoms with van der Waals surface area (Å²) < 4.78 is 0. The minimum atomic E-state index is -0.955. The number of carbonyl (C=O) groups excluding carboxylic acids is 1. The Balaban J connectivity index is 1.72. The molecule has 0 spiro atoms. The maximum atomic E-state index is 12.1. The summed E-state index contributed by atoms with van der Waals surface area (Å²) in [6.45, 7) is 1.06. The Morgan fingerprint density at radius 2 is 1.67 bits per heavy atom. The molecule has 0 saturated heterocycles. The SMILES string of the molecule is CN(CCCc1ccccc1)C(=O)NCc1ccc(C(=O)O)cc1. The van der Waals surface area contributed by atoms with E-state index in [2.05, 4.69) is 17.4 Å². The van der Waals surface area contributed by atoms with Crippen LogP contribution in [0, 0.1) is 0 Å². The fourth-order valence-electron chi connectivity index (χ4n) is 2.34. The van der Waals surface area contributed by atoms with Crippen molar-refractivity contribution < 1.29 is 14.7 Å². The second-order valence-electron chi connectivity index (χ2n) is 5.67. The van der Waals surface area contributed by atoms with Crippen LogP contribution in [0.4, 0.5) is 4.79 Å². The number of hydrogen-bond donors (Lipinski definition) is 2. The molecular weight excluding hydrogens is 304 g/mol. The van der Waals surface area contributed by atoms with E-state index >= 15 is 0 Å². The van der Waals surface area contributed by atoms with E-state index in [0.29, 0.717) is 13.1 Å². The van der Waals surface area contributed by atoms with Crippen LogP contribution in [-0.4, -0.2) is 35.6 Å². The molecule has 0 aliphatic rings. The van der Waals surface area contributed by atoms with Gasteiger partial charge in [-0.2, -0.15) is 0 Å². The average Bonchev–Trinajstić information content (AvgIpc) is 2.60. The lowest BCUT2D eigenvalue weighted by atomic mass is 10.1. The molecule has 0 fully saturated rings. The molecule has 2 aromatic carbocycles. The maximum Gasteiger partial charge on any atom is 0.335 e. The van der Waals surface area contributed by atoms with E-state index in [4.69, 9.17) is 5.11 Å². The Bertz CT molecular complexity index is 669. The molecular formula is C19H22N2O3. The molecule has 0 heterocycles. The molecule has 0 aliphatic carbocycles. The van der Waals surface area contributed by atoms with Crippen molar-refractivity contribution in [1.82, 2.24) is 10.2 Å². The smallest absolute Gasteiger partial charge is 0.335 e. The molecule has 5 nitrogen and oxygen atoms in total. The van der Waals surface area contributed by atoms with Gasteiger partial charge in [-0.25, -0.2) is 9.59 Å². The zero-order chi connectivity index (χ0) is 17.4. The van der Waals surface area contributed by atoms with Crippen molar-refractivity contribution in [2.24, 2.45) is 0 Å². The second kappa shape index (κ2) is 8.72. The number of rotatable bonds is 7. The molecule has 0 atom stereocenters. The number of aromatic carboxylic acids is 1. The van der Waals surface area contributed by atoms with E-state index in [1.54, 1.807) is 24.1 Å². The molecule has 5 heteroatoms. The number of urea groups is 1. The highest BCUT2D eigenvalue weighted by atomic mass is 16.4. The predicted molar refractivity (Wildman–Crippen MR) is 93.0 cm³/mol. The molecule has 0 unspecified atom stereocenters. The van der Waals surface area contributed by atoms with Crippen molar-refractivity contribution in [2.45, 2.75) is 19.4 Å². The normalized spacial score (nSPS) is 10.2. The summed E-state index contributed by atoms with van der Waals surface area (Å²) in [5.74, 6) is -0.955. The van der Waals surface area contributed by atoms with Crippen molar-refractivity contribution in [3.8, 4) is 0 Å². The van der Waals surface area contributed by atoms with E-state index < -0.39 is 5.97 Å². The lowest BCUT2D eigenvalue weighted by Gasteiger charge is -2.18. The number of nitrogens with zero attached hydrogens (tertiary/aromatic N) is 1. The van der Waals surface area contributed by atoms with Gasteiger partial charge in [0.2, 0.25) is 0 Å². The summed E-state index contributed by atoms with van der Waals surface area (Å²) in [5.41, 5.74) is 2.37. The van der Waals surface area contributed by atoms with Crippen LogP contribution >= 0.6 is 0 Å². The molecule has 0 bridgehead atoms.